The van der Waals surface area contributed by atoms with E-state index in [0.29, 0.717) is 0 Å². The molecule has 0 radical (unpaired) electrons. The molecule has 0 spiro atoms. The predicted octanol–water partition coefficient (Wildman–Crippen LogP) is 2.38. The van der Waals surface area contributed by atoms with Crippen molar-refractivity contribution < 1.29 is 0 Å². The van der Waals surface area contributed by atoms with E-state index in [-0.39, 0.29) is 6.04 Å². The van der Waals surface area contributed by atoms with E-state index >= 15 is 0 Å². The number of fused-ring (bicyclic) bond motifs is 1. The van der Waals surface area contributed by atoms with Gasteiger partial charge < -0.3 is 10.6 Å². The summed E-state index contributed by atoms with van der Waals surface area (Å²) in [4.78, 5) is 8.35. The van der Waals surface area contributed by atoms with Crippen LogP contribution in [0.1, 0.15) is 26.5 Å². The Hall–Kier alpha value is -1.07. The zero-order chi connectivity index (χ0) is 13.6. The minimum absolute atomic E-state index is 0.163. The van der Waals surface area contributed by atoms with Crippen molar-refractivity contribution >= 4 is 22.1 Å². The minimum Gasteiger partial charge on any atom is -0.355 e. The Morgan fingerprint density at radius 2 is 2.11 bits per heavy atom. The lowest BCUT2D eigenvalue weighted by Crippen LogP contribution is -2.24. The molecule has 3 unspecified atom stereocenters. The number of thiazole rings is 1. The molecule has 1 aliphatic rings. The first-order valence-corrected chi connectivity index (χ1v) is 7.89. The van der Waals surface area contributed by atoms with Crippen LogP contribution in [0.4, 0.5) is 5.82 Å². The molecule has 1 fully saturated rings. The van der Waals surface area contributed by atoms with Crippen LogP contribution in [0.25, 0.3) is 4.96 Å². The van der Waals surface area contributed by atoms with Crippen LogP contribution in [0, 0.1) is 11.8 Å². The van der Waals surface area contributed by atoms with E-state index in [1.54, 1.807) is 11.3 Å². The highest BCUT2D eigenvalue weighted by Gasteiger charge is 2.30. The molecule has 2 aromatic rings. The van der Waals surface area contributed by atoms with Gasteiger partial charge in [-0.25, -0.2) is 4.98 Å². The van der Waals surface area contributed by atoms with Gasteiger partial charge in [0.15, 0.2) is 10.8 Å². The predicted molar refractivity (Wildman–Crippen MR) is 81.0 cm³/mol. The summed E-state index contributed by atoms with van der Waals surface area (Å²) in [6.07, 6.45) is 2.99. The number of aromatic nitrogens is 2. The van der Waals surface area contributed by atoms with Crippen molar-refractivity contribution in [2.24, 2.45) is 17.6 Å². The average molecular weight is 278 g/mol. The van der Waals surface area contributed by atoms with Gasteiger partial charge in [0.1, 0.15) is 0 Å². The minimum atomic E-state index is 0.163. The van der Waals surface area contributed by atoms with Gasteiger partial charge in [-0.05, 0) is 18.8 Å². The first-order chi connectivity index (χ1) is 9.06. The van der Waals surface area contributed by atoms with Crippen molar-refractivity contribution in [3.63, 3.8) is 0 Å². The highest BCUT2D eigenvalue weighted by molar-refractivity contribution is 7.15. The molecule has 5 heteroatoms. The maximum atomic E-state index is 6.01. The van der Waals surface area contributed by atoms with Crippen LogP contribution in [-0.2, 0) is 6.42 Å². The number of imidazole rings is 1. The topological polar surface area (TPSA) is 46.6 Å². The Bertz CT molecular complexity index is 561. The number of hydrogen-bond acceptors (Lipinski definition) is 4. The van der Waals surface area contributed by atoms with Gasteiger partial charge in [-0.3, -0.25) is 4.40 Å². The van der Waals surface area contributed by atoms with E-state index in [4.69, 9.17) is 10.7 Å². The average Bonchev–Trinajstić information content (AvgIpc) is 2.97. The van der Waals surface area contributed by atoms with Crippen LogP contribution < -0.4 is 10.6 Å². The molecule has 1 saturated heterocycles. The molecule has 0 saturated carbocycles. The zero-order valence-electron chi connectivity index (χ0n) is 11.8. The van der Waals surface area contributed by atoms with Gasteiger partial charge in [-0.1, -0.05) is 13.8 Å². The van der Waals surface area contributed by atoms with Crippen LogP contribution in [0.3, 0.4) is 0 Å². The molecule has 4 nitrogen and oxygen atoms in total. The van der Waals surface area contributed by atoms with Gasteiger partial charge in [-0.2, -0.15) is 0 Å². The smallest absolute Gasteiger partial charge is 0.195 e. The van der Waals surface area contributed by atoms with E-state index in [9.17, 15) is 0 Å². The molecule has 1 aliphatic heterocycles. The second-order valence-corrected chi connectivity index (χ2v) is 6.85. The third-order valence-electron chi connectivity index (χ3n) is 4.14. The van der Waals surface area contributed by atoms with E-state index in [0.717, 1.165) is 42.1 Å². The zero-order valence-corrected chi connectivity index (χ0v) is 12.7. The molecule has 0 amide bonds. The van der Waals surface area contributed by atoms with Crippen molar-refractivity contribution in [2.75, 3.05) is 18.0 Å². The summed E-state index contributed by atoms with van der Waals surface area (Å²) in [7, 11) is 0. The normalized spacial score (nSPS) is 25.4. The van der Waals surface area contributed by atoms with Crippen LogP contribution >= 0.6 is 11.3 Å². The lowest BCUT2D eigenvalue weighted by molar-refractivity contribution is 0.494. The molecule has 0 aromatic carbocycles. The summed E-state index contributed by atoms with van der Waals surface area (Å²) in [5.74, 6) is 2.63. The summed E-state index contributed by atoms with van der Waals surface area (Å²) in [6, 6.07) is 0.163. The van der Waals surface area contributed by atoms with Crippen molar-refractivity contribution in [2.45, 2.75) is 33.2 Å². The van der Waals surface area contributed by atoms with Crippen molar-refractivity contribution in [1.29, 1.82) is 0 Å². The molecule has 3 atom stereocenters. The number of nitrogens with zero attached hydrogens (tertiary/aromatic N) is 3. The summed E-state index contributed by atoms with van der Waals surface area (Å²) in [5, 5.41) is 2.09. The highest BCUT2D eigenvalue weighted by atomic mass is 32.1. The Kier molecular flexibility index (Phi) is 3.27. The fourth-order valence-corrected chi connectivity index (χ4v) is 3.60. The SMILES string of the molecule is CC(N)Cc1c(N2CC(C)C(C)C2)nc2sccn12. The van der Waals surface area contributed by atoms with E-state index in [1.165, 1.54) is 5.69 Å². The molecule has 0 bridgehead atoms. The lowest BCUT2D eigenvalue weighted by atomic mass is 10.0. The number of hydrogen-bond donors (Lipinski definition) is 1. The molecule has 3 rings (SSSR count). The summed E-state index contributed by atoms with van der Waals surface area (Å²) >= 11 is 1.69. The molecule has 2 N–H and O–H groups in total. The Morgan fingerprint density at radius 1 is 1.42 bits per heavy atom. The fourth-order valence-electron chi connectivity index (χ4n) is 2.87. The molecule has 2 aromatic heterocycles. The standard InChI is InChI=1S/C14H22N4S/c1-9-7-17(8-10(9)2)13-12(6-11(3)15)18-4-5-19-14(18)16-13/h4-5,9-11H,6-8,15H2,1-3H3. The van der Waals surface area contributed by atoms with Crippen molar-refractivity contribution in [1.82, 2.24) is 9.38 Å². The molecular formula is C14H22N4S. The highest BCUT2D eigenvalue weighted by Crippen LogP contribution is 2.31. The number of rotatable bonds is 3. The van der Waals surface area contributed by atoms with Gasteiger partial charge in [0.2, 0.25) is 0 Å². The first kappa shape index (κ1) is 12.9. The second-order valence-electron chi connectivity index (χ2n) is 5.98. The van der Waals surface area contributed by atoms with E-state index in [2.05, 4.69) is 41.6 Å². The Balaban J connectivity index is 2.00. The monoisotopic (exact) mass is 278 g/mol. The van der Waals surface area contributed by atoms with Crippen LogP contribution in [0.2, 0.25) is 0 Å². The van der Waals surface area contributed by atoms with Crippen molar-refractivity contribution in [3.8, 4) is 0 Å². The quantitative estimate of drug-likeness (QED) is 0.937. The maximum absolute atomic E-state index is 6.01. The third kappa shape index (κ3) is 2.25. The Labute approximate surface area is 118 Å². The number of nitrogens with two attached hydrogens (primary N) is 1. The molecular weight excluding hydrogens is 256 g/mol. The van der Waals surface area contributed by atoms with Gasteiger partial charge in [0, 0.05) is 37.1 Å². The van der Waals surface area contributed by atoms with Crippen LogP contribution in [0.15, 0.2) is 11.6 Å². The van der Waals surface area contributed by atoms with Gasteiger partial charge in [-0.15, -0.1) is 11.3 Å². The fraction of sp³-hybridized carbons (Fsp3) is 0.643. The molecule has 0 aliphatic carbocycles. The summed E-state index contributed by atoms with van der Waals surface area (Å²) < 4.78 is 2.21. The van der Waals surface area contributed by atoms with Gasteiger partial charge in [0.05, 0.1) is 5.69 Å². The summed E-state index contributed by atoms with van der Waals surface area (Å²) in [6.45, 7) is 8.93. The molecule has 3 heterocycles. The second kappa shape index (κ2) is 4.80. The van der Waals surface area contributed by atoms with Crippen LogP contribution in [0.5, 0.6) is 0 Å². The molecule has 19 heavy (non-hydrogen) atoms. The Morgan fingerprint density at radius 3 is 2.74 bits per heavy atom. The lowest BCUT2D eigenvalue weighted by Gasteiger charge is -2.18. The summed E-state index contributed by atoms with van der Waals surface area (Å²) in [5.41, 5.74) is 7.28. The maximum Gasteiger partial charge on any atom is 0.195 e. The third-order valence-corrected chi connectivity index (χ3v) is 4.90. The van der Waals surface area contributed by atoms with Gasteiger partial charge in [0.25, 0.3) is 0 Å². The van der Waals surface area contributed by atoms with E-state index < -0.39 is 0 Å². The number of anilines is 1. The van der Waals surface area contributed by atoms with Crippen molar-refractivity contribution in [3.05, 3.63) is 17.3 Å². The largest absolute Gasteiger partial charge is 0.355 e. The van der Waals surface area contributed by atoms with E-state index in [1.807, 2.05) is 0 Å². The van der Waals surface area contributed by atoms with Crippen LogP contribution in [-0.4, -0.2) is 28.5 Å². The first-order valence-electron chi connectivity index (χ1n) is 7.01. The molecule has 104 valence electrons. The van der Waals surface area contributed by atoms with Gasteiger partial charge >= 0.3 is 0 Å².